The first-order valence-corrected chi connectivity index (χ1v) is 11.8. The van der Waals surface area contributed by atoms with Gasteiger partial charge in [0.1, 0.15) is 18.1 Å². The minimum Gasteiger partial charge on any atom is -0.481 e. The molecule has 15 heteroatoms. The van der Waals surface area contributed by atoms with Crippen LogP contribution in [-0.4, -0.2) is 94.5 Å². The number of aliphatic imine (C=N–C) groups is 1. The van der Waals surface area contributed by atoms with E-state index in [-0.39, 0.29) is 31.9 Å². The van der Waals surface area contributed by atoms with Crippen LogP contribution in [0, 0.1) is 0 Å². The van der Waals surface area contributed by atoms with Crippen molar-refractivity contribution in [2.75, 3.05) is 19.6 Å². The number of carbonyl (C=O) groups excluding carboxylic acids is 3. The molecular weight excluding hydrogens is 476 g/mol. The number of nitrogens with two attached hydrogens (primary N) is 4. The van der Waals surface area contributed by atoms with Gasteiger partial charge in [-0.15, -0.1) is 0 Å². The van der Waals surface area contributed by atoms with Gasteiger partial charge in [-0.25, -0.2) is 4.79 Å². The van der Waals surface area contributed by atoms with Crippen molar-refractivity contribution in [1.82, 2.24) is 15.5 Å². The maximum atomic E-state index is 13.2. The number of carbonyl (C=O) groups is 5. The summed E-state index contributed by atoms with van der Waals surface area (Å²) in [6.45, 7) is 0.764. The van der Waals surface area contributed by atoms with Crippen LogP contribution in [0.2, 0.25) is 0 Å². The summed E-state index contributed by atoms with van der Waals surface area (Å²) in [4.78, 5) is 66.4. The zero-order valence-electron chi connectivity index (χ0n) is 20.2. The highest BCUT2D eigenvalue weighted by atomic mass is 16.4. The number of nitrogens with one attached hydrogen (secondary N) is 2. The molecule has 0 spiro atoms. The SMILES string of the molecule is NCCCCC(N)C(=O)NC(CC(=O)O)C(=O)N1CCCC1C(=O)NC(CCCN=C(N)N)C(=O)O. The minimum atomic E-state index is -1.43. The topological polar surface area (TPSA) is 270 Å². The number of aliphatic carboxylic acids is 2. The molecule has 4 atom stereocenters. The molecule has 1 saturated heterocycles. The standard InChI is InChI=1S/C21H38N8O7/c22-8-2-1-5-12(23)17(32)28-14(11-16(30)31)19(34)29-10-4-7-15(29)18(33)27-13(20(35)36)6-3-9-26-21(24)25/h12-15H,1-11,22-23H2,(H,27,33)(H,28,32)(H,30,31)(H,35,36)(H4,24,25,26). The van der Waals surface area contributed by atoms with Gasteiger partial charge < -0.3 is 48.7 Å². The quantitative estimate of drug-likeness (QED) is 0.0584. The summed E-state index contributed by atoms with van der Waals surface area (Å²) >= 11 is 0. The number of hydrogen-bond acceptors (Lipinski definition) is 8. The Morgan fingerprint density at radius 3 is 2.28 bits per heavy atom. The number of nitrogens with zero attached hydrogens (tertiary/aromatic N) is 2. The van der Waals surface area contributed by atoms with Crippen molar-refractivity contribution >= 4 is 35.6 Å². The number of carboxylic acids is 2. The zero-order valence-corrected chi connectivity index (χ0v) is 20.2. The van der Waals surface area contributed by atoms with Gasteiger partial charge >= 0.3 is 11.9 Å². The maximum Gasteiger partial charge on any atom is 0.326 e. The molecule has 1 heterocycles. The van der Waals surface area contributed by atoms with Crippen molar-refractivity contribution in [3.63, 3.8) is 0 Å². The van der Waals surface area contributed by atoms with Gasteiger partial charge in [0, 0.05) is 13.1 Å². The molecule has 36 heavy (non-hydrogen) atoms. The molecule has 4 unspecified atom stereocenters. The van der Waals surface area contributed by atoms with E-state index >= 15 is 0 Å². The predicted molar refractivity (Wildman–Crippen MR) is 129 cm³/mol. The molecule has 0 radical (unpaired) electrons. The monoisotopic (exact) mass is 514 g/mol. The van der Waals surface area contributed by atoms with Crippen LogP contribution in [0.15, 0.2) is 4.99 Å². The summed E-state index contributed by atoms with van der Waals surface area (Å²) in [6.07, 6.45) is 1.91. The van der Waals surface area contributed by atoms with Crippen molar-refractivity contribution in [2.24, 2.45) is 27.9 Å². The number of likely N-dealkylation sites (tertiary alicyclic amines) is 1. The van der Waals surface area contributed by atoms with Gasteiger partial charge in [0.2, 0.25) is 17.7 Å². The number of guanidine groups is 1. The second kappa shape index (κ2) is 15.5. The molecule has 0 saturated carbocycles. The third-order valence-electron chi connectivity index (χ3n) is 5.70. The number of hydrogen-bond donors (Lipinski definition) is 8. The Hall–Kier alpha value is -3.46. The molecule has 0 aromatic carbocycles. The van der Waals surface area contributed by atoms with Gasteiger partial charge in [0.25, 0.3) is 0 Å². The lowest BCUT2D eigenvalue weighted by Crippen LogP contribution is -2.57. The maximum absolute atomic E-state index is 13.2. The van der Waals surface area contributed by atoms with E-state index in [1.165, 1.54) is 4.90 Å². The molecule has 0 aromatic heterocycles. The summed E-state index contributed by atoms with van der Waals surface area (Å²) in [7, 11) is 0. The van der Waals surface area contributed by atoms with Crippen LogP contribution >= 0.6 is 0 Å². The highest BCUT2D eigenvalue weighted by Gasteiger charge is 2.39. The van der Waals surface area contributed by atoms with Crippen molar-refractivity contribution in [1.29, 1.82) is 0 Å². The van der Waals surface area contributed by atoms with E-state index in [0.29, 0.717) is 38.6 Å². The van der Waals surface area contributed by atoms with Gasteiger partial charge in [0.15, 0.2) is 5.96 Å². The van der Waals surface area contributed by atoms with Gasteiger partial charge in [-0.2, -0.15) is 0 Å². The first-order chi connectivity index (χ1) is 17.0. The van der Waals surface area contributed by atoms with E-state index in [1.54, 1.807) is 0 Å². The van der Waals surface area contributed by atoms with Crippen LogP contribution in [0.3, 0.4) is 0 Å². The summed E-state index contributed by atoms with van der Waals surface area (Å²) in [5, 5.41) is 23.5. The Bertz CT molecular complexity index is 818. The van der Waals surface area contributed by atoms with Crippen molar-refractivity contribution in [2.45, 2.75) is 75.5 Å². The Morgan fingerprint density at radius 1 is 1.00 bits per heavy atom. The van der Waals surface area contributed by atoms with E-state index in [4.69, 9.17) is 22.9 Å². The summed E-state index contributed by atoms with van der Waals surface area (Å²) in [5.41, 5.74) is 21.7. The average Bonchev–Trinajstić information content (AvgIpc) is 3.29. The van der Waals surface area contributed by atoms with Crippen LogP contribution in [0.1, 0.15) is 51.4 Å². The molecular formula is C21H38N8O7. The van der Waals surface area contributed by atoms with Crippen LogP contribution in [0.5, 0.6) is 0 Å². The molecule has 204 valence electrons. The number of unbranched alkanes of at least 4 members (excludes halogenated alkanes) is 1. The van der Waals surface area contributed by atoms with Crippen LogP contribution in [0.4, 0.5) is 0 Å². The Morgan fingerprint density at radius 2 is 1.69 bits per heavy atom. The van der Waals surface area contributed by atoms with Crippen molar-refractivity contribution < 1.29 is 34.2 Å². The lowest BCUT2D eigenvalue weighted by Gasteiger charge is -2.29. The third-order valence-corrected chi connectivity index (χ3v) is 5.70. The minimum absolute atomic E-state index is 0.0538. The predicted octanol–water partition coefficient (Wildman–Crippen LogP) is -2.98. The molecule has 15 nitrogen and oxygen atoms in total. The number of rotatable bonds is 16. The summed E-state index contributed by atoms with van der Waals surface area (Å²) in [6, 6.07) is -4.62. The summed E-state index contributed by atoms with van der Waals surface area (Å²) < 4.78 is 0. The van der Waals surface area contributed by atoms with Crippen LogP contribution in [-0.2, 0) is 24.0 Å². The van der Waals surface area contributed by atoms with Gasteiger partial charge in [-0.05, 0) is 45.1 Å². The third kappa shape index (κ3) is 10.4. The molecule has 1 rings (SSSR count). The van der Waals surface area contributed by atoms with Crippen molar-refractivity contribution in [3.8, 4) is 0 Å². The van der Waals surface area contributed by atoms with E-state index in [9.17, 15) is 34.2 Å². The van der Waals surface area contributed by atoms with E-state index in [2.05, 4.69) is 15.6 Å². The molecule has 1 fully saturated rings. The highest BCUT2D eigenvalue weighted by Crippen LogP contribution is 2.20. The fourth-order valence-electron chi connectivity index (χ4n) is 3.83. The lowest BCUT2D eigenvalue weighted by atomic mass is 10.1. The van der Waals surface area contributed by atoms with Gasteiger partial charge in [0.05, 0.1) is 12.5 Å². The second-order valence-electron chi connectivity index (χ2n) is 8.59. The van der Waals surface area contributed by atoms with Crippen LogP contribution in [0.25, 0.3) is 0 Å². The normalized spacial score (nSPS) is 17.5. The zero-order chi connectivity index (χ0) is 27.3. The van der Waals surface area contributed by atoms with E-state index in [1.807, 2.05) is 0 Å². The first kappa shape index (κ1) is 30.6. The van der Waals surface area contributed by atoms with Gasteiger partial charge in [-0.3, -0.25) is 24.2 Å². The fraction of sp³-hybridized carbons (Fsp3) is 0.714. The van der Waals surface area contributed by atoms with Crippen LogP contribution < -0.4 is 33.6 Å². The Kier molecular flexibility index (Phi) is 13.2. The largest absolute Gasteiger partial charge is 0.481 e. The van der Waals surface area contributed by atoms with Gasteiger partial charge in [-0.1, -0.05) is 6.42 Å². The average molecular weight is 515 g/mol. The molecule has 3 amide bonds. The van der Waals surface area contributed by atoms with E-state index in [0.717, 1.165) is 0 Å². The fourth-order valence-corrected chi connectivity index (χ4v) is 3.83. The molecule has 0 aromatic rings. The molecule has 0 bridgehead atoms. The molecule has 1 aliphatic heterocycles. The number of carboxylic acid groups (broad SMARTS) is 2. The molecule has 1 aliphatic rings. The summed E-state index contributed by atoms with van der Waals surface area (Å²) in [5.74, 6) is -4.84. The van der Waals surface area contributed by atoms with E-state index < -0.39 is 60.2 Å². The second-order valence-corrected chi connectivity index (χ2v) is 8.59. The van der Waals surface area contributed by atoms with Crippen molar-refractivity contribution in [3.05, 3.63) is 0 Å². The Labute approximate surface area is 209 Å². The smallest absolute Gasteiger partial charge is 0.326 e. The Balaban J connectivity index is 2.87. The lowest BCUT2D eigenvalue weighted by molar-refractivity contribution is -0.147. The molecule has 0 aliphatic carbocycles. The number of amides is 3. The first-order valence-electron chi connectivity index (χ1n) is 11.8. The molecule has 12 N–H and O–H groups in total. The highest BCUT2D eigenvalue weighted by molar-refractivity contribution is 5.96.